The second kappa shape index (κ2) is 8.92. The number of nitrogens with zero attached hydrogens (tertiary/aromatic N) is 2. The molecule has 2 heterocycles. The van der Waals surface area contributed by atoms with Crippen LogP contribution >= 0.6 is 11.3 Å². The van der Waals surface area contributed by atoms with Crippen LogP contribution < -0.4 is 0 Å². The maximum Gasteiger partial charge on any atom is 0.411 e. The molecule has 0 spiro atoms. The van der Waals surface area contributed by atoms with Gasteiger partial charge in [-0.1, -0.05) is 54.6 Å². The number of hydrogen-bond acceptors (Lipinski definition) is 5. The molecule has 5 nitrogen and oxygen atoms in total. The molecule has 2 atom stereocenters. The van der Waals surface area contributed by atoms with Crippen LogP contribution in [0.1, 0.15) is 61.4 Å². The first kappa shape index (κ1) is 23.5. The number of cyclic esters (lactones) is 1. The smallest absolute Gasteiger partial charge is 0.411 e. The summed E-state index contributed by atoms with van der Waals surface area (Å²) < 4.78 is 6.12. The summed E-state index contributed by atoms with van der Waals surface area (Å²) in [5.74, 6) is 0. The first-order chi connectivity index (χ1) is 15.6. The number of ether oxygens (including phenoxy) is 1. The molecule has 1 saturated heterocycles. The SMILES string of the molecule is Cc1nc(-c2ccc([C@H](C)N3CC[C@](CC(C)(C)O)(c4ccccc4)OC3=O)cc2)sc1C. The third-order valence-electron chi connectivity index (χ3n) is 6.43. The molecule has 33 heavy (non-hydrogen) atoms. The molecule has 3 aromatic rings. The number of aromatic nitrogens is 1. The highest BCUT2D eigenvalue weighted by molar-refractivity contribution is 7.15. The van der Waals surface area contributed by atoms with Gasteiger partial charge in [-0.3, -0.25) is 0 Å². The minimum Gasteiger partial charge on any atom is -0.438 e. The van der Waals surface area contributed by atoms with Gasteiger partial charge < -0.3 is 14.7 Å². The normalized spacial score (nSPS) is 19.9. The van der Waals surface area contributed by atoms with Crippen molar-refractivity contribution >= 4 is 17.4 Å². The van der Waals surface area contributed by atoms with Crippen molar-refractivity contribution in [2.75, 3.05) is 6.54 Å². The third-order valence-corrected chi connectivity index (χ3v) is 7.55. The van der Waals surface area contributed by atoms with Gasteiger partial charge in [-0.2, -0.15) is 0 Å². The second-order valence-electron chi connectivity index (χ2n) is 9.62. The van der Waals surface area contributed by atoms with Gasteiger partial charge in [0.1, 0.15) is 10.6 Å². The topological polar surface area (TPSA) is 62.7 Å². The number of benzene rings is 2. The fourth-order valence-corrected chi connectivity index (χ4v) is 5.49. The van der Waals surface area contributed by atoms with Crippen LogP contribution in [-0.2, 0) is 10.3 Å². The Balaban J connectivity index is 1.53. The van der Waals surface area contributed by atoms with E-state index in [0.29, 0.717) is 19.4 Å². The minimum absolute atomic E-state index is 0.123. The lowest BCUT2D eigenvalue weighted by molar-refractivity contribution is -0.101. The first-order valence-electron chi connectivity index (χ1n) is 11.4. The molecule has 1 aliphatic rings. The van der Waals surface area contributed by atoms with E-state index in [2.05, 4.69) is 36.2 Å². The molecular weight excluding hydrogens is 432 g/mol. The maximum atomic E-state index is 13.2. The monoisotopic (exact) mass is 464 g/mol. The molecule has 2 aromatic carbocycles. The summed E-state index contributed by atoms with van der Waals surface area (Å²) in [6.45, 7) is 10.2. The lowest BCUT2D eigenvalue weighted by Crippen LogP contribution is -2.51. The molecule has 0 unspecified atom stereocenters. The van der Waals surface area contributed by atoms with Crippen molar-refractivity contribution in [1.29, 1.82) is 0 Å². The zero-order valence-electron chi connectivity index (χ0n) is 20.0. The highest BCUT2D eigenvalue weighted by Gasteiger charge is 2.46. The maximum absolute atomic E-state index is 13.2. The van der Waals surface area contributed by atoms with Gasteiger partial charge in [-0.25, -0.2) is 9.78 Å². The van der Waals surface area contributed by atoms with Gasteiger partial charge >= 0.3 is 6.09 Å². The summed E-state index contributed by atoms with van der Waals surface area (Å²) in [6, 6.07) is 17.9. The van der Waals surface area contributed by atoms with E-state index in [4.69, 9.17) is 4.74 Å². The van der Waals surface area contributed by atoms with Crippen LogP contribution in [0.25, 0.3) is 10.6 Å². The van der Waals surface area contributed by atoms with Crippen molar-refractivity contribution in [2.45, 2.75) is 64.7 Å². The Hall–Kier alpha value is -2.70. The van der Waals surface area contributed by atoms with E-state index in [1.165, 1.54) is 4.88 Å². The fraction of sp³-hybridized carbons (Fsp3) is 0.407. The van der Waals surface area contributed by atoms with Gasteiger partial charge in [0.2, 0.25) is 0 Å². The Labute approximate surface area is 200 Å². The van der Waals surface area contributed by atoms with Gasteiger partial charge in [0.05, 0.1) is 17.3 Å². The molecular formula is C27H32N2O3S. The van der Waals surface area contributed by atoms with E-state index in [-0.39, 0.29) is 12.1 Å². The Morgan fingerprint density at radius 3 is 2.36 bits per heavy atom. The Kier molecular flexibility index (Phi) is 6.34. The highest BCUT2D eigenvalue weighted by Crippen LogP contribution is 2.42. The van der Waals surface area contributed by atoms with Gasteiger partial charge in [-0.15, -0.1) is 11.3 Å². The average molecular weight is 465 g/mol. The number of thiazole rings is 1. The van der Waals surface area contributed by atoms with Crippen molar-refractivity contribution in [2.24, 2.45) is 0 Å². The minimum atomic E-state index is -0.966. The van der Waals surface area contributed by atoms with E-state index < -0.39 is 11.2 Å². The number of rotatable bonds is 6. The zero-order valence-corrected chi connectivity index (χ0v) is 20.8. The predicted octanol–water partition coefficient (Wildman–Crippen LogP) is 6.39. The Morgan fingerprint density at radius 1 is 1.15 bits per heavy atom. The van der Waals surface area contributed by atoms with Gasteiger partial charge in [0, 0.05) is 29.8 Å². The van der Waals surface area contributed by atoms with Crippen LogP contribution in [0, 0.1) is 13.8 Å². The van der Waals surface area contributed by atoms with E-state index in [1.807, 2.05) is 44.2 Å². The first-order valence-corrected chi connectivity index (χ1v) is 12.2. The zero-order chi connectivity index (χ0) is 23.8. The molecule has 0 bridgehead atoms. The molecule has 0 radical (unpaired) electrons. The Morgan fingerprint density at radius 2 is 1.82 bits per heavy atom. The van der Waals surface area contributed by atoms with Crippen molar-refractivity contribution in [3.8, 4) is 10.6 Å². The molecule has 1 aromatic heterocycles. The number of aryl methyl sites for hydroxylation is 2. The summed E-state index contributed by atoms with van der Waals surface area (Å²) in [5, 5.41) is 11.6. The quantitative estimate of drug-likeness (QED) is 0.459. The summed E-state index contributed by atoms with van der Waals surface area (Å²) in [4.78, 5) is 20.9. The molecule has 174 valence electrons. The Bertz CT molecular complexity index is 1100. The van der Waals surface area contributed by atoms with Crippen molar-refractivity contribution in [1.82, 2.24) is 9.88 Å². The number of aliphatic hydroxyl groups is 1. The van der Waals surface area contributed by atoms with Crippen molar-refractivity contribution in [3.05, 3.63) is 76.3 Å². The number of carbonyl (C=O) groups is 1. The van der Waals surface area contributed by atoms with Gasteiger partial charge in [0.15, 0.2) is 0 Å². The number of hydrogen-bond donors (Lipinski definition) is 1. The van der Waals surface area contributed by atoms with Crippen LogP contribution in [0.3, 0.4) is 0 Å². The molecule has 0 saturated carbocycles. The summed E-state index contributed by atoms with van der Waals surface area (Å²) in [5.41, 5.74) is 2.32. The third kappa shape index (κ3) is 4.97. The molecule has 4 rings (SSSR count). The number of amides is 1. The van der Waals surface area contributed by atoms with Gasteiger partial charge in [-0.05, 0) is 45.7 Å². The number of carbonyl (C=O) groups excluding carboxylic acids is 1. The summed E-state index contributed by atoms with van der Waals surface area (Å²) >= 11 is 1.70. The van der Waals surface area contributed by atoms with Gasteiger partial charge in [0.25, 0.3) is 0 Å². The molecule has 6 heteroatoms. The van der Waals surface area contributed by atoms with Crippen LogP contribution in [0.5, 0.6) is 0 Å². The molecule has 1 aliphatic heterocycles. The van der Waals surface area contributed by atoms with Crippen LogP contribution in [0.4, 0.5) is 4.79 Å². The fourth-order valence-electron chi connectivity index (χ4n) is 4.57. The second-order valence-corrected chi connectivity index (χ2v) is 10.8. The van der Waals surface area contributed by atoms with E-state index in [1.54, 1.807) is 30.1 Å². The van der Waals surface area contributed by atoms with Crippen LogP contribution in [0.2, 0.25) is 0 Å². The molecule has 0 aliphatic carbocycles. The van der Waals surface area contributed by atoms with Crippen molar-refractivity contribution in [3.63, 3.8) is 0 Å². The van der Waals surface area contributed by atoms with Crippen molar-refractivity contribution < 1.29 is 14.6 Å². The highest BCUT2D eigenvalue weighted by atomic mass is 32.1. The van der Waals surface area contributed by atoms with Crippen LogP contribution in [0.15, 0.2) is 54.6 Å². The average Bonchev–Trinajstić information content (AvgIpc) is 3.11. The largest absolute Gasteiger partial charge is 0.438 e. The molecule has 1 N–H and O–H groups in total. The lowest BCUT2D eigenvalue weighted by Gasteiger charge is -2.45. The predicted molar refractivity (Wildman–Crippen MR) is 132 cm³/mol. The summed E-state index contributed by atoms with van der Waals surface area (Å²) in [6.07, 6.45) is 0.615. The van der Waals surface area contributed by atoms with E-state index in [0.717, 1.165) is 27.4 Å². The molecule has 1 amide bonds. The van der Waals surface area contributed by atoms with E-state index in [9.17, 15) is 9.90 Å². The summed E-state index contributed by atoms with van der Waals surface area (Å²) in [7, 11) is 0. The molecule has 1 fully saturated rings. The van der Waals surface area contributed by atoms with Crippen LogP contribution in [-0.4, -0.2) is 33.2 Å². The van der Waals surface area contributed by atoms with E-state index >= 15 is 0 Å². The standard InChI is InChI=1S/C27H32N2O3S/c1-18-20(3)33-24(28-18)22-13-11-21(12-14-22)19(2)29-16-15-27(32-25(29)30,17-26(4,5)31)23-9-7-6-8-10-23/h6-14,19,31H,15-17H2,1-5H3/t19-,27-/m0/s1. The lowest BCUT2D eigenvalue weighted by atomic mass is 9.80.